The first kappa shape index (κ1) is 19.1. The van der Waals surface area contributed by atoms with E-state index in [2.05, 4.69) is 10.4 Å². The van der Waals surface area contributed by atoms with Crippen LogP contribution in [0.5, 0.6) is 0 Å². The highest BCUT2D eigenvalue weighted by Gasteiger charge is 2.29. The molecular weight excluding hydrogens is 347 g/mol. The highest BCUT2D eigenvalue weighted by atomic mass is 19.1. The van der Waals surface area contributed by atoms with Gasteiger partial charge < -0.3 is 10.2 Å². The standard InChI is InChI=1S/C20H25FN4O2/c1-2-25-13-16(12-23-25)11-22-20(27)17-6-7-19(26)24(14-17)9-8-15-4-3-5-18(21)10-15/h3-5,10,12-13,17H,2,6-9,11,14H2,1H3,(H,22,27). The zero-order chi connectivity index (χ0) is 19.2. The number of aromatic nitrogens is 2. The molecule has 144 valence electrons. The van der Waals surface area contributed by atoms with Gasteiger partial charge in [-0.25, -0.2) is 4.39 Å². The van der Waals surface area contributed by atoms with Gasteiger partial charge in [0.25, 0.3) is 0 Å². The van der Waals surface area contributed by atoms with Crippen molar-refractivity contribution in [2.75, 3.05) is 13.1 Å². The minimum absolute atomic E-state index is 0.0393. The van der Waals surface area contributed by atoms with Crippen LogP contribution < -0.4 is 5.32 Å². The average Bonchev–Trinajstić information content (AvgIpc) is 3.13. The number of nitrogens with one attached hydrogen (secondary N) is 1. The van der Waals surface area contributed by atoms with Crippen molar-refractivity contribution in [2.24, 2.45) is 5.92 Å². The maximum absolute atomic E-state index is 13.3. The molecule has 1 N–H and O–H groups in total. The lowest BCUT2D eigenvalue weighted by Crippen LogP contribution is -2.46. The summed E-state index contributed by atoms with van der Waals surface area (Å²) in [6.07, 6.45) is 5.17. The van der Waals surface area contributed by atoms with Crippen LogP contribution in [0, 0.1) is 11.7 Å². The highest BCUT2D eigenvalue weighted by Crippen LogP contribution is 2.19. The van der Waals surface area contributed by atoms with Crippen LogP contribution in [0.4, 0.5) is 4.39 Å². The van der Waals surface area contributed by atoms with Gasteiger partial charge in [0.1, 0.15) is 5.82 Å². The van der Waals surface area contributed by atoms with E-state index in [1.165, 1.54) is 12.1 Å². The molecule has 2 amide bonds. The molecular formula is C20H25FN4O2. The van der Waals surface area contributed by atoms with Crippen molar-refractivity contribution in [1.82, 2.24) is 20.0 Å². The summed E-state index contributed by atoms with van der Waals surface area (Å²) in [5.74, 6) is -0.472. The number of hydrogen-bond acceptors (Lipinski definition) is 3. The molecule has 0 aliphatic carbocycles. The summed E-state index contributed by atoms with van der Waals surface area (Å²) in [4.78, 5) is 26.4. The minimum atomic E-state index is -0.277. The molecule has 2 heterocycles. The van der Waals surface area contributed by atoms with Crippen molar-refractivity contribution in [3.63, 3.8) is 0 Å². The molecule has 0 spiro atoms. The summed E-state index contributed by atoms with van der Waals surface area (Å²) in [6.45, 7) is 4.14. The van der Waals surface area contributed by atoms with Gasteiger partial charge in [0.15, 0.2) is 0 Å². The number of aryl methyl sites for hydroxylation is 1. The molecule has 6 nitrogen and oxygen atoms in total. The fourth-order valence-corrected chi connectivity index (χ4v) is 3.31. The smallest absolute Gasteiger partial charge is 0.225 e. The van der Waals surface area contributed by atoms with E-state index in [0.717, 1.165) is 17.7 Å². The van der Waals surface area contributed by atoms with Gasteiger partial charge >= 0.3 is 0 Å². The summed E-state index contributed by atoms with van der Waals surface area (Å²) in [7, 11) is 0. The molecule has 1 saturated heterocycles. The van der Waals surface area contributed by atoms with Crippen LogP contribution in [0.25, 0.3) is 0 Å². The third-order valence-electron chi connectivity index (χ3n) is 4.91. The summed E-state index contributed by atoms with van der Waals surface area (Å²) < 4.78 is 15.1. The van der Waals surface area contributed by atoms with E-state index in [1.54, 1.807) is 17.2 Å². The summed E-state index contributed by atoms with van der Waals surface area (Å²) >= 11 is 0. The maximum atomic E-state index is 13.3. The van der Waals surface area contributed by atoms with Crippen LogP contribution in [0.15, 0.2) is 36.7 Å². The molecule has 0 bridgehead atoms. The predicted molar refractivity (Wildman–Crippen MR) is 99.2 cm³/mol. The minimum Gasteiger partial charge on any atom is -0.352 e. The van der Waals surface area contributed by atoms with Gasteiger partial charge in [-0.2, -0.15) is 5.10 Å². The zero-order valence-electron chi connectivity index (χ0n) is 15.5. The number of nitrogens with zero attached hydrogens (tertiary/aromatic N) is 3. The van der Waals surface area contributed by atoms with Crippen LogP contribution in [-0.2, 0) is 29.1 Å². The number of carbonyl (C=O) groups is 2. The number of likely N-dealkylation sites (tertiary alicyclic amines) is 1. The van der Waals surface area contributed by atoms with Gasteiger partial charge in [0.2, 0.25) is 11.8 Å². The number of benzene rings is 1. The maximum Gasteiger partial charge on any atom is 0.225 e. The number of halogens is 1. The van der Waals surface area contributed by atoms with Crippen molar-refractivity contribution in [3.05, 3.63) is 53.6 Å². The van der Waals surface area contributed by atoms with Crippen molar-refractivity contribution in [2.45, 2.75) is 39.3 Å². The second-order valence-corrected chi connectivity index (χ2v) is 6.88. The molecule has 27 heavy (non-hydrogen) atoms. The fourth-order valence-electron chi connectivity index (χ4n) is 3.31. The van der Waals surface area contributed by atoms with Crippen LogP contribution >= 0.6 is 0 Å². The lowest BCUT2D eigenvalue weighted by molar-refractivity contribution is -0.138. The third-order valence-corrected chi connectivity index (χ3v) is 4.91. The molecule has 1 aliphatic rings. The van der Waals surface area contributed by atoms with Crippen molar-refractivity contribution in [1.29, 1.82) is 0 Å². The topological polar surface area (TPSA) is 67.2 Å². The van der Waals surface area contributed by atoms with E-state index < -0.39 is 0 Å². The molecule has 1 atom stereocenters. The van der Waals surface area contributed by atoms with Gasteiger partial charge in [0.05, 0.1) is 12.1 Å². The van der Waals surface area contributed by atoms with E-state index in [1.807, 2.05) is 23.9 Å². The van der Waals surface area contributed by atoms with Gasteiger partial charge in [-0.05, 0) is 37.5 Å². The Kier molecular flexibility index (Phi) is 6.21. The Balaban J connectivity index is 1.50. The van der Waals surface area contributed by atoms with E-state index >= 15 is 0 Å². The fraction of sp³-hybridized carbons (Fsp3) is 0.450. The van der Waals surface area contributed by atoms with E-state index in [4.69, 9.17) is 0 Å². The molecule has 7 heteroatoms. The normalized spacial score (nSPS) is 17.2. The quantitative estimate of drug-likeness (QED) is 0.810. The van der Waals surface area contributed by atoms with Gasteiger partial charge in [0, 0.05) is 44.4 Å². The van der Waals surface area contributed by atoms with Crippen molar-refractivity contribution >= 4 is 11.8 Å². The van der Waals surface area contributed by atoms with Crippen molar-refractivity contribution < 1.29 is 14.0 Å². The van der Waals surface area contributed by atoms with E-state index in [-0.39, 0.29) is 23.5 Å². The van der Waals surface area contributed by atoms with Gasteiger partial charge in [-0.15, -0.1) is 0 Å². The SMILES string of the molecule is CCn1cc(CNC(=O)C2CCC(=O)N(CCc3cccc(F)c3)C2)cn1. The highest BCUT2D eigenvalue weighted by molar-refractivity contribution is 5.83. The number of hydrogen-bond donors (Lipinski definition) is 1. The Morgan fingerprint density at radius 2 is 2.22 bits per heavy atom. The van der Waals surface area contributed by atoms with Gasteiger partial charge in [-0.3, -0.25) is 14.3 Å². The Bertz CT molecular complexity index is 805. The second-order valence-electron chi connectivity index (χ2n) is 6.88. The first-order chi connectivity index (χ1) is 13.0. The predicted octanol–water partition coefficient (Wildman–Crippen LogP) is 2.14. The molecule has 1 fully saturated rings. The Labute approximate surface area is 158 Å². The van der Waals surface area contributed by atoms with E-state index in [9.17, 15) is 14.0 Å². The Morgan fingerprint density at radius 3 is 2.96 bits per heavy atom. The Hall–Kier alpha value is -2.70. The monoisotopic (exact) mass is 372 g/mol. The molecule has 1 unspecified atom stereocenters. The third kappa shape index (κ3) is 5.15. The lowest BCUT2D eigenvalue weighted by atomic mass is 9.96. The molecule has 3 rings (SSSR count). The number of amides is 2. The van der Waals surface area contributed by atoms with Crippen LogP contribution in [0.3, 0.4) is 0 Å². The summed E-state index contributed by atoms with van der Waals surface area (Å²) in [5, 5.41) is 7.14. The number of piperidine rings is 1. The molecule has 2 aromatic rings. The second kappa shape index (κ2) is 8.79. The number of rotatable bonds is 7. The Morgan fingerprint density at radius 1 is 1.37 bits per heavy atom. The van der Waals surface area contributed by atoms with Crippen LogP contribution in [0.1, 0.15) is 30.9 Å². The van der Waals surface area contributed by atoms with Crippen molar-refractivity contribution in [3.8, 4) is 0 Å². The molecule has 1 aromatic carbocycles. The average molecular weight is 372 g/mol. The first-order valence-corrected chi connectivity index (χ1v) is 9.36. The van der Waals surface area contributed by atoms with Crippen LogP contribution in [-0.4, -0.2) is 39.6 Å². The van der Waals surface area contributed by atoms with E-state index in [0.29, 0.717) is 38.9 Å². The zero-order valence-corrected chi connectivity index (χ0v) is 15.5. The number of carbonyl (C=O) groups excluding carboxylic acids is 2. The molecule has 1 aliphatic heterocycles. The summed E-state index contributed by atoms with van der Waals surface area (Å²) in [5.41, 5.74) is 1.81. The molecule has 0 radical (unpaired) electrons. The van der Waals surface area contributed by atoms with Gasteiger partial charge in [-0.1, -0.05) is 12.1 Å². The largest absolute Gasteiger partial charge is 0.352 e. The first-order valence-electron chi connectivity index (χ1n) is 9.36. The van der Waals surface area contributed by atoms with Crippen LogP contribution in [0.2, 0.25) is 0 Å². The lowest BCUT2D eigenvalue weighted by Gasteiger charge is -2.32. The molecule has 1 aromatic heterocycles. The molecule has 0 saturated carbocycles. The summed E-state index contributed by atoms with van der Waals surface area (Å²) in [6, 6.07) is 6.40.